The number of imidazole rings is 1. The molecule has 2 aliphatic rings. The molecule has 0 radical (unpaired) electrons. The third kappa shape index (κ3) is 3.01. The number of aryl methyl sites for hydroxylation is 1. The molecule has 130 valence electrons. The lowest BCUT2D eigenvalue weighted by Crippen LogP contribution is -2.29. The van der Waals surface area contributed by atoms with Crippen LogP contribution < -0.4 is 0 Å². The molecule has 2 fully saturated rings. The number of sulfonamides is 1. The molecule has 1 saturated carbocycles. The summed E-state index contributed by atoms with van der Waals surface area (Å²) in [4.78, 5) is 8.22. The first-order chi connectivity index (χ1) is 11.4. The van der Waals surface area contributed by atoms with Gasteiger partial charge in [-0.15, -0.1) is 0 Å². The minimum atomic E-state index is -3.45. The van der Waals surface area contributed by atoms with Gasteiger partial charge in [-0.1, -0.05) is 34.7 Å². The Balaban J connectivity index is 1.42. The van der Waals surface area contributed by atoms with Crippen LogP contribution in [0.25, 0.3) is 0 Å². The Morgan fingerprint density at radius 3 is 2.54 bits per heavy atom. The molecule has 10 heteroatoms. The van der Waals surface area contributed by atoms with Gasteiger partial charge in [0.2, 0.25) is 0 Å². The molecule has 3 atom stereocenters. The maximum absolute atomic E-state index is 12.7. The smallest absolute Gasteiger partial charge is 0.254 e. The number of aromatic nitrogens is 3. The molecule has 1 unspecified atom stereocenters. The largest absolute Gasteiger partial charge is 0.329 e. The number of hydrogen-bond acceptors (Lipinski definition) is 6. The second-order valence-electron chi connectivity index (χ2n) is 6.31. The summed E-state index contributed by atoms with van der Waals surface area (Å²) in [7, 11) is -1.45. The summed E-state index contributed by atoms with van der Waals surface area (Å²) in [5, 5.41) is 1.55. The van der Waals surface area contributed by atoms with Gasteiger partial charge in [-0.3, -0.25) is 0 Å². The monoisotopic (exact) mass is 404 g/mol. The zero-order valence-corrected chi connectivity index (χ0v) is 16.2. The van der Waals surface area contributed by atoms with Crippen LogP contribution in [-0.4, -0.2) is 45.6 Å². The van der Waals surface area contributed by atoms with Crippen molar-refractivity contribution < 1.29 is 8.42 Å². The van der Waals surface area contributed by atoms with Crippen molar-refractivity contribution in [1.29, 1.82) is 0 Å². The maximum Gasteiger partial charge on any atom is 0.254 e. The molecule has 0 aromatic carbocycles. The van der Waals surface area contributed by atoms with Crippen LogP contribution in [0.3, 0.4) is 0 Å². The number of thioether (sulfide) groups is 1. The standard InChI is InChI=1S/C14H17ClN4O2S3/c1-18-3-2-16-14(18)22-11-4-9-7-19(8-10(9)5-11)24(20,21)12-6-17-13(15)23-12/h2-3,6,9-11H,4-5,7-8H2,1H3/t9-,10+,11?. The van der Waals surface area contributed by atoms with Gasteiger partial charge in [0.1, 0.15) is 0 Å². The van der Waals surface area contributed by atoms with Crippen LogP contribution >= 0.6 is 34.7 Å². The molecule has 1 saturated heterocycles. The van der Waals surface area contributed by atoms with Crippen LogP contribution in [0.5, 0.6) is 0 Å². The van der Waals surface area contributed by atoms with Crippen molar-refractivity contribution in [1.82, 2.24) is 18.8 Å². The average molecular weight is 405 g/mol. The van der Waals surface area contributed by atoms with Crippen LogP contribution in [0.4, 0.5) is 0 Å². The van der Waals surface area contributed by atoms with E-state index in [4.69, 9.17) is 11.6 Å². The summed E-state index contributed by atoms with van der Waals surface area (Å²) in [6, 6.07) is 0. The lowest BCUT2D eigenvalue weighted by Gasteiger charge is -2.17. The molecule has 2 aromatic rings. The third-order valence-electron chi connectivity index (χ3n) is 4.77. The SMILES string of the molecule is Cn1ccnc1SC1C[C@@H]2CN(S(=O)(=O)c3cnc(Cl)s3)C[C@@H]2C1. The maximum atomic E-state index is 12.7. The van der Waals surface area contributed by atoms with Crippen LogP contribution in [0.15, 0.2) is 28.0 Å². The Bertz CT molecular complexity index is 836. The molecule has 6 nitrogen and oxygen atoms in total. The van der Waals surface area contributed by atoms with Gasteiger partial charge >= 0.3 is 0 Å². The van der Waals surface area contributed by atoms with E-state index < -0.39 is 10.0 Å². The lowest BCUT2D eigenvalue weighted by molar-refractivity contribution is 0.448. The first-order valence-corrected chi connectivity index (χ1v) is 11.2. The van der Waals surface area contributed by atoms with Crippen molar-refractivity contribution in [3.05, 3.63) is 23.1 Å². The highest BCUT2D eigenvalue weighted by Gasteiger charge is 2.45. The topological polar surface area (TPSA) is 68.1 Å². The Labute approximate surface area is 154 Å². The van der Waals surface area contributed by atoms with Crippen molar-refractivity contribution in [2.75, 3.05) is 13.1 Å². The summed E-state index contributed by atoms with van der Waals surface area (Å²) < 4.78 is 29.5. The molecule has 3 heterocycles. The van der Waals surface area contributed by atoms with Gasteiger partial charge < -0.3 is 4.57 Å². The first kappa shape index (κ1) is 16.8. The van der Waals surface area contributed by atoms with Crippen LogP contribution in [-0.2, 0) is 17.1 Å². The van der Waals surface area contributed by atoms with Crippen LogP contribution in [0, 0.1) is 11.8 Å². The average Bonchev–Trinajstić information content (AvgIpc) is 3.25. The molecule has 0 amide bonds. The summed E-state index contributed by atoms with van der Waals surface area (Å²) >= 11 is 8.61. The number of hydrogen-bond donors (Lipinski definition) is 0. The second-order valence-corrected chi connectivity index (χ2v) is 11.4. The molecular weight excluding hydrogens is 388 g/mol. The molecule has 0 N–H and O–H groups in total. The molecule has 0 bridgehead atoms. The van der Waals surface area contributed by atoms with E-state index in [0.717, 1.165) is 29.3 Å². The van der Waals surface area contributed by atoms with Gasteiger partial charge in [-0.2, -0.15) is 4.31 Å². The highest BCUT2D eigenvalue weighted by molar-refractivity contribution is 7.99. The normalized spacial score (nSPS) is 27.7. The molecule has 2 aromatic heterocycles. The van der Waals surface area contributed by atoms with Crippen LogP contribution in [0.2, 0.25) is 4.47 Å². The summed E-state index contributed by atoms with van der Waals surface area (Å²) in [6.07, 6.45) is 7.20. The Kier molecular flexibility index (Phi) is 4.41. The molecule has 4 rings (SSSR count). The van der Waals surface area contributed by atoms with Crippen molar-refractivity contribution in [2.45, 2.75) is 27.5 Å². The summed E-state index contributed by atoms with van der Waals surface area (Å²) in [5.41, 5.74) is 0. The number of nitrogens with zero attached hydrogens (tertiary/aromatic N) is 4. The Hall–Kier alpha value is -0.610. The van der Waals surface area contributed by atoms with E-state index in [1.54, 1.807) is 4.31 Å². The van der Waals surface area contributed by atoms with E-state index in [1.165, 1.54) is 6.20 Å². The van der Waals surface area contributed by atoms with Crippen LogP contribution in [0.1, 0.15) is 12.8 Å². The molecular formula is C14H17ClN4O2S3. The third-order valence-corrected chi connectivity index (χ3v) is 9.48. The van der Waals surface area contributed by atoms with Gasteiger partial charge in [-0.25, -0.2) is 18.4 Å². The summed E-state index contributed by atoms with van der Waals surface area (Å²) in [6.45, 7) is 1.19. The minimum Gasteiger partial charge on any atom is -0.329 e. The summed E-state index contributed by atoms with van der Waals surface area (Å²) in [5.74, 6) is 0.863. The molecule has 24 heavy (non-hydrogen) atoms. The molecule has 0 spiro atoms. The van der Waals surface area contributed by atoms with E-state index >= 15 is 0 Å². The van der Waals surface area contributed by atoms with E-state index in [-0.39, 0.29) is 8.68 Å². The van der Waals surface area contributed by atoms with Crippen molar-refractivity contribution >= 4 is 44.7 Å². The number of fused-ring (bicyclic) bond motifs is 1. The van der Waals surface area contributed by atoms with Gasteiger partial charge in [0.25, 0.3) is 10.0 Å². The quantitative estimate of drug-likeness (QED) is 0.783. The van der Waals surface area contributed by atoms with E-state index in [0.29, 0.717) is 30.2 Å². The fraction of sp³-hybridized carbons (Fsp3) is 0.571. The fourth-order valence-electron chi connectivity index (χ4n) is 3.59. The number of thiazole rings is 1. The van der Waals surface area contributed by atoms with Gasteiger partial charge in [0, 0.05) is 37.8 Å². The van der Waals surface area contributed by atoms with E-state index in [9.17, 15) is 8.42 Å². The predicted octanol–water partition coefficient (Wildman–Crippen LogP) is 2.72. The second kappa shape index (κ2) is 6.28. The zero-order valence-electron chi connectivity index (χ0n) is 13.0. The van der Waals surface area contributed by atoms with E-state index in [2.05, 4.69) is 9.97 Å². The first-order valence-electron chi connectivity index (χ1n) is 7.69. The lowest BCUT2D eigenvalue weighted by atomic mass is 10.0. The minimum absolute atomic E-state index is 0.242. The fourth-order valence-corrected chi connectivity index (χ4v) is 7.93. The van der Waals surface area contributed by atoms with Crippen molar-refractivity contribution in [2.24, 2.45) is 18.9 Å². The highest BCUT2D eigenvalue weighted by atomic mass is 35.5. The molecule has 1 aliphatic carbocycles. The van der Waals surface area contributed by atoms with Gasteiger partial charge in [-0.05, 0) is 24.7 Å². The van der Waals surface area contributed by atoms with Crippen molar-refractivity contribution in [3.63, 3.8) is 0 Å². The number of rotatable bonds is 4. The highest BCUT2D eigenvalue weighted by Crippen LogP contribution is 2.46. The van der Waals surface area contributed by atoms with Crippen molar-refractivity contribution in [3.8, 4) is 0 Å². The van der Waals surface area contributed by atoms with Gasteiger partial charge in [0.05, 0.1) is 6.20 Å². The van der Waals surface area contributed by atoms with Gasteiger partial charge in [0.15, 0.2) is 13.8 Å². The molecule has 1 aliphatic heterocycles. The van der Waals surface area contributed by atoms with E-state index in [1.807, 2.05) is 35.8 Å². The predicted molar refractivity (Wildman–Crippen MR) is 94.9 cm³/mol. The Morgan fingerprint density at radius 2 is 2.00 bits per heavy atom. The number of halogens is 1. The Morgan fingerprint density at radius 1 is 1.29 bits per heavy atom. The zero-order chi connectivity index (χ0) is 16.9.